The van der Waals surface area contributed by atoms with Gasteiger partial charge in [-0.15, -0.1) is 0 Å². The number of hydrogen-bond acceptors (Lipinski definition) is 7. The van der Waals surface area contributed by atoms with E-state index in [2.05, 4.69) is 25.1 Å². The van der Waals surface area contributed by atoms with Crippen LogP contribution in [0.5, 0.6) is 0 Å². The molecular weight excluding hydrogens is 310 g/mol. The fourth-order valence-electron chi connectivity index (χ4n) is 3.12. The van der Waals surface area contributed by atoms with Crippen LogP contribution in [-0.4, -0.2) is 78.4 Å². The van der Waals surface area contributed by atoms with Gasteiger partial charge in [0.15, 0.2) is 0 Å². The maximum absolute atomic E-state index is 11.0. The van der Waals surface area contributed by atoms with Gasteiger partial charge < -0.3 is 20.1 Å². The third kappa shape index (κ3) is 4.55. The maximum Gasteiger partial charge on any atom is 0.306 e. The summed E-state index contributed by atoms with van der Waals surface area (Å²) in [5.74, 6) is 0.570. The molecule has 0 radical (unpaired) electrons. The summed E-state index contributed by atoms with van der Waals surface area (Å²) in [5.41, 5.74) is 0. The van der Waals surface area contributed by atoms with Crippen LogP contribution in [0, 0.1) is 5.92 Å². The average Bonchev–Trinajstić information content (AvgIpc) is 2.63. The van der Waals surface area contributed by atoms with E-state index in [1.807, 2.05) is 6.07 Å². The highest BCUT2D eigenvalue weighted by Crippen LogP contribution is 2.22. The number of rotatable bonds is 6. The molecule has 1 aromatic heterocycles. The van der Waals surface area contributed by atoms with Crippen molar-refractivity contribution in [3.05, 3.63) is 12.3 Å². The van der Waals surface area contributed by atoms with E-state index in [4.69, 9.17) is 9.84 Å². The zero-order valence-corrected chi connectivity index (χ0v) is 13.9. The van der Waals surface area contributed by atoms with Gasteiger partial charge in [0.1, 0.15) is 5.82 Å². The van der Waals surface area contributed by atoms with Crippen LogP contribution in [0.1, 0.15) is 12.8 Å². The minimum absolute atomic E-state index is 0.228. The molecule has 0 atom stereocenters. The van der Waals surface area contributed by atoms with Gasteiger partial charge in [-0.2, -0.15) is 4.98 Å². The Balaban J connectivity index is 1.48. The summed E-state index contributed by atoms with van der Waals surface area (Å²) < 4.78 is 5.34. The van der Waals surface area contributed by atoms with Crippen LogP contribution in [0.25, 0.3) is 0 Å². The van der Waals surface area contributed by atoms with Crippen LogP contribution in [0.15, 0.2) is 12.3 Å². The highest BCUT2D eigenvalue weighted by molar-refractivity contribution is 5.70. The topological polar surface area (TPSA) is 90.8 Å². The molecule has 132 valence electrons. The molecule has 8 heteroatoms. The lowest BCUT2D eigenvalue weighted by Gasteiger charge is -2.31. The molecule has 0 saturated carbocycles. The Hall–Kier alpha value is -1.93. The molecular formula is C16H25N5O3. The normalized spacial score (nSPS) is 20.1. The number of anilines is 2. The zero-order valence-electron chi connectivity index (χ0n) is 13.9. The zero-order chi connectivity index (χ0) is 16.8. The predicted octanol–water partition coefficient (Wildman–Crippen LogP) is 0.522. The van der Waals surface area contributed by atoms with Gasteiger partial charge in [0.2, 0.25) is 5.95 Å². The van der Waals surface area contributed by atoms with Gasteiger partial charge in [0, 0.05) is 45.5 Å². The molecule has 2 N–H and O–H groups in total. The first-order valence-electron chi connectivity index (χ1n) is 8.57. The summed E-state index contributed by atoms with van der Waals surface area (Å²) in [6.45, 7) is 6.74. The number of ether oxygens (including phenoxy) is 1. The SMILES string of the molecule is O=C(O)C1CCN(c2ccnc(NCCN3CCOCC3)n2)CC1. The van der Waals surface area contributed by atoms with Gasteiger partial charge in [-0.3, -0.25) is 9.69 Å². The summed E-state index contributed by atoms with van der Waals surface area (Å²) in [6.07, 6.45) is 3.08. The van der Waals surface area contributed by atoms with Crippen molar-refractivity contribution >= 4 is 17.7 Å². The number of aliphatic carboxylic acids is 1. The number of carboxylic acids is 1. The Morgan fingerprint density at radius 3 is 2.75 bits per heavy atom. The van der Waals surface area contributed by atoms with E-state index in [0.717, 1.165) is 58.3 Å². The first-order chi connectivity index (χ1) is 11.7. The molecule has 3 rings (SSSR count). The molecule has 2 aliphatic rings. The van der Waals surface area contributed by atoms with Crippen LogP contribution in [-0.2, 0) is 9.53 Å². The number of nitrogens with zero attached hydrogens (tertiary/aromatic N) is 4. The lowest BCUT2D eigenvalue weighted by atomic mass is 9.97. The fraction of sp³-hybridized carbons (Fsp3) is 0.688. The second-order valence-corrected chi connectivity index (χ2v) is 6.22. The van der Waals surface area contributed by atoms with Crippen LogP contribution in [0.4, 0.5) is 11.8 Å². The van der Waals surface area contributed by atoms with E-state index >= 15 is 0 Å². The largest absolute Gasteiger partial charge is 0.481 e. The summed E-state index contributed by atoms with van der Waals surface area (Å²) in [4.78, 5) is 24.4. The molecule has 0 spiro atoms. The minimum atomic E-state index is -0.692. The third-order valence-corrected chi connectivity index (χ3v) is 4.62. The molecule has 2 saturated heterocycles. The number of carboxylic acid groups (broad SMARTS) is 1. The summed E-state index contributed by atoms with van der Waals surface area (Å²) in [7, 11) is 0. The molecule has 24 heavy (non-hydrogen) atoms. The second-order valence-electron chi connectivity index (χ2n) is 6.22. The van der Waals surface area contributed by atoms with E-state index in [-0.39, 0.29) is 5.92 Å². The summed E-state index contributed by atoms with van der Waals surface area (Å²) >= 11 is 0. The fourth-order valence-corrected chi connectivity index (χ4v) is 3.12. The summed E-state index contributed by atoms with van der Waals surface area (Å²) in [5, 5.41) is 12.4. The van der Waals surface area contributed by atoms with Gasteiger partial charge >= 0.3 is 5.97 Å². The first kappa shape index (κ1) is 16.9. The summed E-state index contributed by atoms with van der Waals surface area (Å²) in [6, 6.07) is 1.88. The molecule has 0 aromatic carbocycles. The maximum atomic E-state index is 11.0. The number of morpholine rings is 1. The van der Waals surface area contributed by atoms with Crippen molar-refractivity contribution in [2.45, 2.75) is 12.8 Å². The number of aromatic nitrogens is 2. The van der Waals surface area contributed by atoms with Gasteiger partial charge in [-0.1, -0.05) is 0 Å². The lowest BCUT2D eigenvalue weighted by molar-refractivity contribution is -0.142. The lowest BCUT2D eigenvalue weighted by Crippen LogP contribution is -2.39. The second kappa shape index (κ2) is 8.25. The van der Waals surface area contributed by atoms with E-state index in [0.29, 0.717) is 18.8 Å². The smallest absolute Gasteiger partial charge is 0.306 e. The molecule has 0 bridgehead atoms. The van der Waals surface area contributed by atoms with Crippen molar-refractivity contribution in [2.75, 3.05) is 62.7 Å². The Morgan fingerprint density at radius 1 is 1.29 bits per heavy atom. The van der Waals surface area contributed by atoms with Crippen LogP contribution < -0.4 is 10.2 Å². The Kier molecular flexibility index (Phi) is 5.81. The van der Waals surface area contributed by atoms with Crippen LogP contribution in [0.2, 0.25) is 0 Å². The molecule has 3 heterocycles. The predicted molar refractivity (Wildman–Crippen MR) is 90.4 cm³/mol. The molecule has 1 aromatic rings. The molecule has 8 nitrogen and oxygen atoms in total. The average molecular weight is 335 g/mol. The van der Waals surface area contributed by atoms with Gasteiger partial charge in [-0.05, 0) is 18.9 Å². The van der Waals surface area contributed by atoms with E-state index < -0.39 is 5.97 Å². The van der Waals surface area contributed by atoms with Crippen LogP contribution >= 0.6 is 0 Å². The molecule has 2 aliphatic heterocycles. The first-order valence-corrected chi connectivity index (χ1v) is 8.57. The Bertz CT molecular complexity index is 542. The Labute approximate surface area is 141 Å². The molecule has 0 amide bonds. The van der Waals surface area contributed by atoms with Crippen molar-refractivity contribution in [1.82, 2.24) is 14.9 Å². The molecule has 2 fully saturated rings. The highest BCUT2D eigenvalue weighted by Gasteiger charge is 2.25. The quantitative estimate of drug-likeness (QED) is 0.778. The molecule has 0 aliphatic carbocycles. The number of hydrogen-bond donors (Lipinski definition) is 2. The number of piperidine rings is 1. The van der Waals surface area contributed by atoms with Crippen molar-refractivity contribution in [2.24, 2.45) is 5.92 Å². The molecule has 0 unspecified atom stereocenters. The van der Waals surface area contributed by atoms with Gasteiger partial charge in [0.05, 0.1) is 19.1 Å². The van der Waals surface area contributed by atoms with Gasteiger partial charge in [-0.25, -0.2) is 4.98 Å². The number of carbonyl (C=O) groups is 1. The van der Waals surface area contributed by atoms with Crippen molar-refractivity contribution in [1.29, 1.82) is 0 Å². The van der Waals surface area contributed by atoms with Gasteiger partial charge in [0.25, 0.3) is 0 Å². The highest BCUT2D eigenvalue weighted by atomic mass is 16.5. The minimum Gasteiger partial charge on any atom is -0.481 e. The van der Waals surface area contributed by atoms with Crippen molar-refractivity contribution in [3.63, 3.8) is 0 Å². The number of nitrogens with one attached hydrogen (secondary N) is 1. The van der Waals surface area contributed by atoms with E-state index in [1.165, 1.54) is 0 Å². The standard InChI is InChI=1S/C16H25N5O3/c22-15(23)13-2-6-21(7-3-13)14-1-4-17-16(19-14)18-5-8-20-9-11-24-12-10-20/h1,4,13H,2-3,5-12H2,(H,22,23)(H,17,18,19). The van der Waals surface area contributed by atoms with E-state index in [1.54, 1.807) is 6.20 Å². The Morgan fingerprint density at radius 2 is 2.04 bits per heavy atom. The van der Waals surface area contributed by atoms with Crippen molar-refractivity contribution in [3.8, 4) is 0 Å². The third-order valence-electron chi connectivity index (χ3n) is 4.62. The monoisotopic (exact) mass is 335 g/mol. The van der Waals surface area contributed by atoms with Crippen LogP contribution in [0.3, 0.4) is 0 Å². The van der Waals surface area contributed by atoms with Crippen molar-refractivity contribution < 1.29 is 14.6 Å². The van der Waals surface area contributed by atoms with E-state index in [9.17, 15) is 4.79 Å².